The Morgan fingerprint density at radius 2 is 1.96 bits per heavy atom. The normalized spacial score (nSPS) is 26.1. The van der Waals surface area contributed by atoms with Crippen molar-refractivity contribution in [3.05, 3.63) is 42.0 Å². The molecule has 0 saturated carbocycles. The lowest BCUT2D eigenvalue weighted by Gasteiger charge is -2.36. The summed E-state index contributed by atoms with van der Waals surface area (Å²) in [5.41, 5.74) is 0.662. The topological polar surface area (TPSA) is 125 Å². The third-order valence-electron chi connectivity index (χ3n) is 4.46. The molecule has 0 bridgehead atoms. The molecule has 8 nitrogen and oxygen atoms in total. The molecule has 1 aromatic carbocycles. The van der Waals surface area contributed by atoms with Gasteiger partial charge in [0.05, 0.1) is 23.9 Å². The fourth-order valence-corrected chi connectivity index (χ4v) is 2.76. The molecule has 154 valence electrons. The molecule has 0 aromatic heterocycles. The van der Waals surface area contributed by atoms with Gasteiger partial charge >= 0.3 is 5.97 Å². The molecule has 4 N–H and O–H groups in total. The molecule has 0 radical (unpaired) electrons. The summed E-state index contributed by atoms with van der Waals surface area (Å²) in [5, 5.41) is 31.1. The second-order valence-corrected chi connectivity index (χ2v) is 6.88. The lowest BCUT2D eigenvalue weighted by Crippen LogP contribution is -2.48. The fourth-order valence-electron chi connectivity index (χ4n) is 2.76. The number of carboxylic acids is 1. The van der Waals surface area contributed by atoms with Crippen LogP contribution in [0, 0.1) is 0 Å². The molecule has 1 heterocycles. The number of anilines is 1. The van der Waals surface area contributed by atoms with Gasteiger partial charge in [0, 0.05) is 12.1 Å². The van der Waals surface area contributed by atoms with Crippen LogP contribution in [0.3, 0.4) is 0 Å². The van der Waals surface area contributed by atoms with Gasteiger partial charge in [-0.25, -0.2) is 4.79 Å². The van der Waals surface area contributed by atoms with Crippen molar-refractivity contribution >= 4 is 17.6 Å². The van der Waals surface area contributed by atoms with E-state index in [2.05, 4.69) is 5.32 Å². The van der Waals surface area contributed by atoms with Crippen LogP contribution in [0.25, 0.3) is 0 Å². The minimum atomic E-state index is -1.02. The van der Waals surface area contributed by atoms with Crippen molar-refractivity contribution < 1.29 is 34.4 Å². The quantitative estimate of drug-likeness (QED) is 0.497. The van der Waals surface area contributed by atoms with Crippen LogP contribution < -0.4 is 5.32 Å². The predicted octanol–water partition coefficient (Wildman–Crippen LogP) is 1.92. The standard InChI is InChI=1S/C20H27NO7/c1-12(27-20-17(23)11-16(22)13(2)28-20)5-3-4-6-18(24)21-15-9-7-14(8-10-15)19(25)26/h4,6-10,12-13,16-17,20,22-23H,3,5,11H2,1-2H3,(H,21,24)(H,25,26). The minimum absolute atomic E-state index is 0.151. The smallest absolute Gasteiger partial charge is 0.335 e. The van der Waals surface area contributed by atoms with E-state index in [0.29, 0.717) is 18.5 Å². The molecule has 8 heteroatoms. The Labute approximate surface area is 163 Å². The van der Waals surface area contributed by atoms with E-state index in [9.17, 15) is 19.8 Å². The highest BCUT2D eigenvalue weighted by Crippen LogP contribution is 2.22. The maximum atomic E-state index is 11.9. The zero-order valence-corrected chi connectivity index (χ0v) is 15.9. The molecule has 5 unspecified atom stereocenters. The van der Waals surface area contributed by atoms with E-state index < -0.39 is 30.6 Å². The van der Waals surface area contributed by atoms with E-state index in [1.54, 1.807) is 13.0 Å². The van der Waals surface area contributed by atoms with Crippen molar-refractivity contribution in [1.82, 2.24) is 0 Å². The number of rotatable bonds is 8. The number of aliphatic hydroxyl groups excluding tert-OH is 2. The van der Waals surface area contributed by atoms with Gasteiger partial charge in [-0.2, -0.15) is 0 Å². The summed E-state index contributed by atoms with van der Waals surface area (Å²) in [5.74, 6) is -1.34. The molecule has 1 fully saturated rings. The highest BCUT2D eigenvalue weighted by atomic mass is 16.7. The van der Waals surface area contributed by atoms with Crippen LogP contribution in [0.15, 0.2) is 36.4 Å². The SMILES string of the molecule is CC(CCC=CC(=O)Nc1ccc(C(=O)O)cc1)OC1OC(C)C(O)CC1O. The maximum absolute atomic E-state index is 11.9. The first kappa shape index (κ1) is 22.0. The van der Waals surface area contributed by atoms with Gasteiger partial charge in [-0.1, -0.05) is 6.08 Å². The molecule has 1 aliphatic rings. The van der Waals surface area contributed by atoms with E-state index in [0.717, 1.165) is 0 Å². The Hall–Kier alpha value is -2.26. The number of amides is 1. The first-order valence-corrected chi connectivity index (χ1v) is 9.24. The Morgan fingerprint density at radius 3 is 2.61 bits per heavy atom. The van der Waals surface area contributed by atoms with Crippen molar-refractivity contribution in [2.75, 3.05) is 5.32 Å². The van der Waals surface area contributed by atoms with E-state index in [4.69, 9.17) is 14.6 Å². The molecule has 1 amide bonds. The summed E-state index contributed by atoms with van der Waals surface area (Å²) in [6.07, 6.45) is 1.62. The second-order valence-electron chi connectivity index (χ2n) is 6.88. The van der Waals surface area contributed by atoms with Crippen LogP contribution in [0.5, 0.6) is 0 Å². The number of hydrogen-bond acceptors (Lipinski definition) is 6. The minimum Gasteiger partial charge on any atom is -0.478 e. The monoisotopic (exact) mass is 393 g/mol. The number of hydrogen-bond donors (Lipinski definition) is 4. The van der Waals surface area contributed by atoms with Gasteiger partial charge < -0.3 is 30.1 Å². The van der Waals surface area contributed by atoms with Gasteiger partial charge in [-0.15, -0.1) is 0 Å². The van der Waals surface area contributed by atoms with Crippen LogP contribution in [-0.2, 0) is 14.3 Å². The predicted molar refractivity (Wildman–Crippen MR) is 102 cm³/mol. The van der Waals surface area contributed by atoms with E-state index in [-0.39, 0.29) is 24.0 Å². The van der Waals surface area contributed by atoms with Crippen molar-refractivity contribution in [2.24, 2.45) is 0 Å². The molecule has 28 heavy (non-hydrogen) atoms. The fraction of sp³-hybridized carbons (Fsp3) is 0.500. The largest absolute Gasteiger partial charge is 0.478 e. The molecule has 1 aromatic rings. The van der Waals surface area contributed by atoms with Crippen LogP contribution >= 0.6 is 0 Å². The van der Waals surface area contributed by atoms with E-state index in [1.807, 2.05) is 6.92 Å². The van der Waals surface area contributed by atoms with Crippen LogP contribution in [0.1, 0.15) is 43.5 Å². The van der Waals surface area contributed by atoms with Crippen molar-refractivity contribution in [3.8, 4) is 0 Å². The molecular weight excluding hydrogens is 366 g/mol. The number of carboxylic acid groups (broad SMARTS) is 1. The zero-order valence-electron chi connectivity index (χ0n) is 15.9. The van der Waals surface area contributed by atoms with E-state index in [1.165, 1.54) is 30.3 Å². The first-order valence-electron chi connectivity index (χ1n) is 9.24. The molecule has 1 aliphatic heterocycles. The number of allylic oxidation sites excluding steroid dienone is 1. The lowest BCUT2D eigenvalue weighted by atomic mass is 10.0. The van der Waals surface area contributed by atoms with Gasteiger partial charge in [0.1, 0.15) is 6.10 Å². The summed E-state index contributed by atoms with van der Waals surface area (Å²) in [4.78, 5) is 22.7. The van der Waals surface area contributed by atoms with Gasteiger partial charge in [-0.3, -0.25) is 4.79 Å². The van der Waals surface area contributed by atoms with Crippen LogP contribution in [0.2, 0.25) is 0 Å². The number of benzene rings is 1. The Kier molecular flexibility index (Phi) is 8.13. The molecule has 2 rings (SSSR count). The number of ether oxygens (including phenoxy) is 2. The van der Waals surface area contributed by atoms with E-state index >= 15 is 0 Å². The molecule has 0 aliphatic carbocycles. The number of carbonyl (C=O) groups is 2. The molecule has 0 spiro atoms. The van der Waals surface area contributed by atoms with Crippen LogP contribution in [-0.4, -0.2) is 57.9 Å². The summed E-state index contributed by atoms with van der Waals surface area (Å²) >= 11 is 0. The van der Waals surface area contributed by atoms with Crippen LogP contribution in [0.4, 0.5) is 5.69 Å². The average molecular weight is 393 g/mol. The van der Waals surface area contributed by atoms with Gasteiger partial charge in [0.25, 0.3) is 0 Å². The summed E-state index contributed by atoms with van der Waals surface area (Å²) in [6, 6.07) is 5.89. The third-order valence-corrected chi connectivity index (χ3v) is 4.46. The number of nitrogens with one attached hydrogen (secondary N) is 1. The van der Waals surface area contributed by atoms with Crippen molar-refractivity contribution in [1.29, 1.82) is 0 Å². The Balaban J connectivity index is 1.70. The average Bonchev–Trinajstić information content (AvgIpc) is 2.63. The summed E-state index contributed by atoms with van der Waals surface area (Å²) < 4.78 is 11.2. The number of carbonyl (C=O) groups excluding carboxylic acids is 1. The molecule has 1 saturated heterocycles. The first-order chi connectivity index (χ1) is 13.3. The Bertz CT molecular complexity index is 688. The summed E-state index contributed by atoms with van der Waals surface area (Å²) in [7, 11) is 0. The van der Waals surface area contributed by atoms with Gasteiger partial charge in [0.15, 0.2) is 6.29 Å². The van der Waals surface area contributed by atoms with Crippen molar-refractivity contribution in [2.45, 2.75) is 63.8 Å². The highest BCUT2D eigenvalue weighted by molar-refractivity contribution is 5.99. The maximum Gasteiger partial charge on any atom is 0.335 e. The zero-order chi connectivity index (χ0) is 20.7. The van der Waals surface area contributed by atoms with Crippen molar-refractivity contribution in [3.63, 3.8) is 0 Å². The lowest BCUT2D eigenvalue weighted by molar-refractivity contribution is -0.273. The van der Waals surface area contributed by atoms with Gasteiger partial charge in [-0.05, 0) is 57.0 Å². The highest BCUT2D eigenvalue weighted by Gasteiger charge is 2.35. The van der Waals surface area contributed by atoms with Gasteiger partial charge in [0.2, 0.25) is 5.91 Å². The number of aliphatic hydroxyl groups is 2. The molecular formula is C20H27NO7. The Morgan fingerprint density at radius 1 is 1.29 bits per heavy atom. The molecule has 5 atom stereocenters. The third kappa shape index (κ3) is 6.72. The summed E-state index contributed by atoms with van der Waals surface area (Å²) in [6.45, 7) is 3.58. The number of aromatic carboxylic acids is 1. The second kappa shape index (κ2) is 10.3.